The van der Waals surface area contributed by atoms with E-state index in [4.69, 9.17) is 0 Å². The molecule has 0 aliphatic heterocycles. The van der Waals surface area contributed by atoms with Crippen molar-refractivity contribution in [3.05, 3.63) is 35.0 Å². The molecule has 1 aromatic heterocycles. The number of esters is 1. The molecule has 2 rings (SSSR count). The van der Waals surface area contributed by atoms with E-state index < -0.39 is 0 Å². The first-order valence-corrected chi connectivity index (χ1v) is 6.20. The van der Waals surface area contributed by atoms with Crippen LogP contribution in [-0.4, -0.2) is 24.6 Å². The number of hydrogen-bond acceptors (Lipinski definition) is 4. The zero-order valence-electron chi connectivity index (χ0n) is 11.7. The molecule has 0 fully saturated rings. The largest absolute Gasteiger partial charge is 0.468 e. The topological polar surface area (TPSA) is 51.2 Å². The number of fused-ring (bicyclic) bond motifs is 1. The van der Waals surface area contributed by atoms with Gasteiger partial charge in [0.05, 0.1) is 12.6 Å². The standard InChI is InChI=1S/C15H18N2O2/c1-9-5-10(2)15-12(6-9)13(7-11(3)17-15)16-8-14(18)19-4/h5-7H,8H2,1-4H3,(H,16,17). The Balaban J connectivity index is 2.50. The molecule has 4 nitrogen and oxygen atoms in total. The van der Waals surface area contributed by atoms with Gasteiger partial charge in [-0.2, -0.15) is 0 Å². The molecule has 1 heterocycles. The first-order chi connectivity index (χ1) is 9.01. The first kappa shape index (κ1) is 13.3. The fourth-order valence-electron chi connectivity index (χ4n) is 2.19. The maximum Gasteiger partial charge on any atom is 0.325 e. The van der Waals surface area contributed by atoms with Gasteiger partial charge in [-0.3, -0.25) is 9.78 Å². The molecule has 4 heteroatoms. The van der Waals surface area contributed by atoms with Gasteiger partial charge in [-0.25, -0.2) is 0 Å². The number of aryl methyl sites for hydroxylation is 3. The van der Waals surface area contributed by atoms with Crippen LogP contribution >= 0.6 is 0 Å². The average Bonchev–Trinajstić information content (AvgIpc) is 2.36. The lowest BCUT2D eigenvalue weighted by atomic mass is 10.0. The second-order valence-electron chi connectivity index (χ2n) is 4.72. The van der Waals surface area contributed by atoms with Crippen molar-refractivity contribution in [1.82, 2.24) is 4.98 Å². The number of ether oxygens (including phenoxy) is 1. The van der Waals surface area contributed by atoms with Gasteiger partial charge in [0.1, 0.15) is 6.54 Å². The lowest BCUT2D eigenvalue weighted by molar-refractivity contribution is -0.138. The van der Waals surface area contributed by atoms with Crippen LogP contribution in [0.15, 0.2) is 18.2 Å². The van der Waals surface area contributed by atoms with Crippen molar-refractivity contribution in [1.29, 1.82) is 0 Å². The van der Waals surface area contributed by atoms with Gasteiger partial charge in [-0.1, -0.05) is 11.6 Å². The number of anilines is 1. The van der Waals surface area contributed by atoms with Crippen LogP contribution in [0.25, 0.3) is 10.9 Å². The van der Waals surface area contributed by atoms with E-state index in [-0.39, 0.29) is 12.5 Å². The van der Waals surface area contributed by atoms with Gasteiger partial charge in [0, 0.05) is 16.8 Å². The van der Waals surface area contributed by atoms with Gasteiger partial charge in [-0.15, -0.1) is 0 Å². The van der Waals surface area contributed by atoms with Crippen LogP contribution in [0.2, 0.25) is 0 Å². The lowest BCUT2D eigenvalue weighted by Crippen LogP contribution is -2.15. The number of rotatable bonds is 3. The summed E-state index contributed by atoms with van der Waals surface area (Å²) >= 11 is 0. The molecule has 0 amide bonds. The molecule has 0 spiro atoms. The van der Waals surface area contributed by atoms with Crippen LogP contribution in [0.4, 0.5) is 5.69 Å². The van der Waals surface area contributed by atoms with Crippen LogP contribution < -0.4 is 5.32 Å². The Hall–Kier alpha value is -2.10. The van der Waals surface area contributed by atoms with Gasteiger partial charge in [0.15, 0.2) is 0 Å². The average molecular weight is 258 g/mol. The van der Waals surface area contributed by atoms with Gasteiger partial charge < -0.3 is 10.1 Å². The molecule has 0 aliphatic carbocycles. The van der Waals surface area contributed by atoms with Crippen molar-refractivity contribution >= 4 is 22.6 Å². The predicted molar refractivity (Wildman–Crippen MR) is 76.5 cm³/mol. The number of carbonyl (C=O) groups excluding carboxylic acids is 1. The summed E-state index contributed by atoms with van der Waals surface area (Å²) in [6.07, 6.45) is 0. The summed E-state index contributed by atoms with van der Waals surface area (Å²) in [6, 6.07) is 6.14. The van der Waals surface area contributed by atoms with E-state index >= 15 is 0 Å². The van der Waals surface area contributed by atoms with Crippen LogP contribution in [0.5, 0.6) is 0 Å². The Morgan fingerprint density at radius 2 is 2.00 bits per heavy atom. The lowest BCUT2D eigenvalue weighted by Gasteiger charge is -2.12. The molecule has 0 radical (unpaired) electrons. The summed E-state index contributed by atoms with van der Waals surface area (Å²) in [5.41, 5.74) is 5.13. The zero-order chi connectivity index (χ0) is 14.0. The number of nitrogens with one attached hydrogen (secondary N) is 1. The Morgan fingerprint density at radius 1 is 1.26 bits per heavy atom. The normalized spacial score (nSPS) is 10.5. The van der Waals surface area contributed by atoms with Gasteiger partial charge >= 0.3 is 5.97 Å². The van der Waals surface area contributed by atoms with Gasteiger partial charge in [0.25, 0.3) is 0 Å². The second kappa shape index (κ2) is 5.26. The molecule has 0 saturated heterocycles. The molecule has 0 saturated carbocycles. The minimum atomic E-state index is -0.285. The highest BCUT2D eigenvalue weighted by Crippen LogP contribution is 2.26. The van der Waals surface area contributed by atoms with E-state index in [1.807, 2.05) is 19.9 Å². The number of carbonyl (C=O) groups is 1. The quantitative estimate of drug-likeness (QED) is 0.860. The summed E-state index contributed by atoms with van der Waals surface area (Å²) in [5, 5.41) is 4.15. The zero-order valence-corrected chi connectivity index (χ0v) is 11.7. The molecule has 0 atom stereocenters. The highest BCUT2D eigenvalue weighted by molar-refractivity contribution is 5.94. The molecule has 0 unspecified atom stereocenters. The number of hydrogen-bond donors (Lipinski definition) is 1. The summed E-state index contributed by atoms with van der Waals surface area (Å²) in [5.74, 6) is -0.285. The highest BCUT2D eigenvalue weighted by Gasteiger charge is 2.08. The van der Waals surface area contributed by atoms with E-state index in [0.29, 0.717) is 0 Å². The van der Waals surface area contributed by atoms with E-state index in [1.54, 1.807) is 0 Å². The summed E-state index contributed by atoms with van der Waals surface area (Å²) in [4.78, 5) is 15.8. The smallest absolute Gasteiger partial charge is 0.325 e. The Morgan fingerprint density at radius 3 is 2.68 bits per heavy atom. The molecule has 0 aliphatic rings. The third kappa shape index (κ3) is 2.84. The number of pyridine rings is 1. The monoisotopic (exact) mass is 258 g/mol. The summed E-state index contributed by atoms with van der Waals surface area (Å²) in [6.45, 7) is 6.20. The number of aromatic nitrogens is 1. The van der Waals surface area contributed by atoms with Crippen molar-refractivity contribution in [3.63, 3.8) is 0 Å². The first-order valence-electron chi connectivity index (χ1n) is 6.20. The number of methoxy groups -OCH3 is 1. The van der Waals surface area contributed by atoms with Crippen LogP contribution in [0.1, 0.15) is 16.8 Å². The van der Waals surface area contributed by atoms with Crippen molar-refractivity contribution in [2.24, 2.45) is 0 Å². The van der Waals surface area contributed by atoms with Crippen LogP contribution in [-0.2, 0) is 9.53 Å². The fourth-order valence-corrected chi connectivity index (χ4v) is 2.19. The van der Waals surface area contributed by atoms with Crippen molar-refractivity contribution in [3.8, 4) is 0 Å². The fraction of sp³-hybridized carbons (Fsp3) is 0.333. The van der Waals surface area contributed by atoms with Gasteiger partial charge in [0.2, 0.25) is 0 Å². The Bertz CT molecular complexity index is 636. The molecule has 1 aromatic carbocycles. The molecule has 1 N–H and O–H groups in total. The summed E-state index contributed by atoms with van der Waals surface area (Å²) < 4.78 is 4.64. The Kier molecular flexibility index (Phi) is 3.69. The molecule has 0 bridgehead atoms. The third-order valence-corrected chi connectivity index (χ3v) is 3.03. The maximum absolute atomic E-state index is 11.2. The number of nitrogens with zero attached hydrogens (tertiary/aromatic N) is 1. The molecule has 2 aromatic rings. The molecule has 19 heavy (non-hydrogen) atoms. The molecule has 100 valence electrons. The molecular weight excluding hydrogens is 240 g/mol. The van der Waals surface area contributed by atoms with Crippen molar-refractivity contribution < 1.29 is 9.53 Å². The SMILES string of the molecule is COC(=O)CNc1cc(C)nc2c(C)cc(C)cc12. The maximum atomic E-state index is 11.2. The van der Waals surface area contributed by atoms with E-state index in [2.05, 4.69) is 34.1 Å². The highest BCUT2D eigenvalue weighted by atomic mass is 16.5. The van der Waals surface area contributed by atoms with Crippen LogP contribution in [0.3, 0.4) is 0 Å². The predicted octanol–water partition coefficient (Wildman–Crippen LogP) is 2.74. The van der Waals surface area contributed by atoms with Crippen LogP contribution in [0, 0.1) is 20.8 Å². The van der Waals surface area contributed by atoms with Crippen molar-refractivity contribution in [2.75, 3.05) is 19.0 Å². The molecular formula is C15H18N2O2. The van der Waals surface area contributed by atoms with E-state index in [0.717, 1.165) is 27.8 Å². The van der Waals surface area contributed by atoms with E-state index in [1.165, 1.54) is 12.7 Å². The van der Waals surface area contributed by atoms with E-state index in [9.17, 15) is 4.79 Å². The minimum Gasteiger partial charge on any atom is -0.468 e. The minimum absolute atomic E-state index is 0.155. The second-order valence-corrected chi connectivity index (χ2v) is 4.72. The summed E-state index contributed by atoms with van der Waals surface area (Å²) in [7, 11) is 1.38. The number of benzene rings is 1. The van der Waals surface area contributed by atoms with Gasteiger partial charge in [-0.05, 0) is 38.5 Å². The van der Waals surface area contributed by atoms with Crippen molar-refractivity contribution in [2.45, 2.75) is 20.8 Å². The third-order valence-electron chi connectivity index (χ3n) is 3.03. The Labute approximate surface area is 112 Å².